The van der Waals surface area contributed by atoms with Crippen LogP contribution in [0.4, 0.5) is 13.2 Å². The summed E-state index contributed by atoms with van der Waals surface area (Å²) in [4.78, 5) is 15.8. The van der Waals surface area contributed by atoms with Crippen LogP contribution in [-0.4, -0.2) is 38.0 Å². The highest BCUT2D eigenvalue weighted by Gasteiger charge is 2.31. The van der Waals surface area contributed by atoms with Gasteiger partial charge in [-0.3, -0.25) is 14.3 Å². The first-order chi connectivity index (χ1) is 13.4. The Morgan fingerprint density at radius 3 is 2.71 bits per heavy atom. The molecule has 28 heavy (non-hydrogen) atoms. The number of carbonyl (C=O) groups excluding carboxylic acids is 1. The molecule has 0 saturated heterocycles. The number of halogens is 3. The maximum atomic E-state index is 13.2. The molecule has 3 rings (SSSR count). The Hall–Kier alpha value is -2.88. The smallest absolute Gasteiger partial charge is 0.356 e. The van der Waals surface area contributed by atoms with E-state index in [1.54, 1.807) is 31.5 Å². The van der Waals surface area contributed by atoms with E-state index in [9.17, 15) is 18.0 Å². The highest BCUT2D eigenvalue weighted by Crippen LogP contribution is 2.33. The van der Waals surface area contributed by atoms with Gasteiger partial charge in [-0.15, -0.1) is 10.2 Å². The molecule has 0 bridgehead atoms. The van der Waals surface area contributed by atoms with Gasteiger partial charge in [0.15, 0.2) is 11.0 Å². The summed E-state index contributed by atoms with van der Waals surface area (Å²) in [5.74, 6) is 0.206. The summed E-state index contributed by atoms with van der Waals surface area (Å²) in [6.45, 7) is 2.29. The molecular formula is C18H16F3N5OS. The SMILES string of the molecule is CCNC(=O)CSc1nnc(-c2cccnc2)n1-c1cccc(C(F)(F)F)c1. The lowest BCUT2D eigenvalue weighted by molar-refractivity contribution is -0.137. The van der Waals surface area contributed by atoms with Crippen LogP contribution in [0.3, 0.4) is 0 Å². The van der Waals surface area contributed by atoms with Crippen molar-refractivity contribution >= 4 is 17.7 Å². The lowest BCUT2D eigenvalue weighted by atomic mass is 10.2. The van der Waals surface area contributed by atoms with Crippen LogP contribution < -0.4 is 5.32 Å². The Bertz CT molecular complexity index is 959. The molecule has 2 aromatic heterocycles. The van der Waals surface area contributed by atoms with E-state index in [0.717, 1.165) is 23.9 Å². The van der Waals surface area contributed by atoms with Crippen molar-refractivity contribution in [3.63, 3.8) is 0 Å². The molecule has 0 aliphatic heterocycles. The monoisotopic (exact) mass is 407 g/mol. The van der Waals surface area contributed by atoms with Crippen molar-refractivity contribution in [3.05, 3.63) is 54.4 Å². The number of hydrogen-bond donors (Lipinski definition) is 1. The van der Waals surface area contributed by atoms with Crippen molar-refractivity contribution in [2.45, 2.75) is 18.3 Å². The van der Waals surface area contributed by atoms with E-state index in [1.165, 1.54) is 16.7 Å². The van der Waals surface area contributed by atoms with Crippen LogP contribution in [0.1, 0.15) is 12.5 Å². The van der Waals surface area contributed by atoms with Gasteiger partial charge >= 0.3 is 6.18 Å². The van der Waals surface area contributed by atoms with E-state index in [-0.39, 0.29) is 17.3 Å². The molecule has 0 spiro atoms. The fourth-order valence-corrected chi connectivity index (χ4v) is 3.26. The van der Waals surface area contributed by atoms with Crippen LogP contribution in [0.2, 0.25) is 0 Å². The second-order valence-electron chi connectivity index (χ2n) is 5.67. The number of alkyl halides is 3. The number of nitrogens with one attached hydrogen (secondary N) is 1. The summed E-state index contributed by atoms with van der Waals surface area (Å²) in [6, 6.07) is 8.32. The first-order valence-corrected chi connectivity index (χ1v) is 9.31. The minimum absolute atomic E-state index is 0.0674. The Morgan fingerprint density at radius 2 is 2.04 bits per heavy atom. The summed E-state index contributed by atoms with van der Waals surface area (Å²) in [7, 11) is 0. The Labute approximate surface area is 163 Å². The maximum absolute atomic E-state index is 13.2. The van der Waals surface area contributed by atoms with Gasteiger partial charge in [0.1, 0.15) is 0 Å². The molecule has 0 fully saturated rings. The van der Waals surface area contributed by atoms with Gasteiger partial charge in [-0.25, -0.2) is 0 Å². The summed E-state index contributed by atoms with van der Waals surface area (Å²) >= 11 is 1.09. The largest absolute Gasteiger partial charge is 0.416 e. The van der Waals surface area contributed by atoms with Gasteiger partial charge in [0.2, 0.25) is 5.91 Å². The van der Waals surface area contributed by atoms with Crippen LogP contribution in [0.25, 0.3) is 17.1 Å². The number of nitrogens with zero attached hydrogens (tertiary/aromatic N) is 4. The molecular weight excluding hydrogens is 391 g/mol. The molecule has 6 nitrogen and oxygen atoms in total. The van der Waals surface area contributed by atoms with Crippen LogP contribution in [0.15, 0.2) is 53.9 Å². The average Bonchev–Trinajstić information content (AvgIpc) is 3.11. The number of aromatic nitrogens is 4. The zero-order valence-electron chi connectivity index (χ0n) is 14.8. The van der Waals surface area contributed by atoms with Crippen LogP contribution in [0, 0.1) is 0 Å². The molecule has 0 unspecified atom stereocenters. The first-order valence-electron chi connectivity index (χ1n) is 8.33. The highest BCUT2D eigenvalue weighted by molar-refractivity contribution is 7.99. The highest BCUT2D eigenvalue weighted by atomic mass is 32.2. The Morgan fingerprint density at radius 1 is 1.21 bits per heavy atom. The van der Waals surface area contributed by atoms with Gasteiger partial charge in [-0.05, 0) is 37.3 Å². The third-order valence-corrected chi connectivity index (χ3v) is 4.62. The third kappa shape index (κ3) is 4.50. The van der Waals surface area contributed by atoms with Gasteiger partial charge in [-0.1, -0.05) is 17.8 Å². The van der Waals surface area contributed by atoms with Crippen LogP contribution in [0.5, 0.6) is 0 Å². The predicted octanol–water partition coefficient (Wildman–Crippen LogP) is 3.58. The summed E-state index contributed by atoms with van der Waals surface area (Å²) in [5, 5.41) is 11.2. The summed E-state index contributed by atoms with van der Waals surface area (Å²) in [5.41, 5.74) is 0.0601. The molecule has 1 N–H and O–H groups in total. The van der Waals surface area contributed by atoms with E-state index in [2.05, 4.69) is 20.5 Å². The fourth-order valence-electron chi connectivity index (χ4n) is 2.48. The number of amides is 1. The zero-order valence-corrected chi connectivity index (χ0v) is 15.6. The second-order valence-corrected chi connectivity index (χ2v) is 6.62. The molecule has 3 aromatic rings. The van der Waals surface area contributed by atoms with Crippen LogP contribution in [-0.2, 0) is 11.0 Å². The van der Waals surface area contributed by atoms with Crippen molar-refractivity contribution in [3.8, 4) is 17.1 Å². The molecule has 1 aromatic carbocycles. The minimum Gasteiger partial charge on any atom is -0.356 e. The zero-order chi connectivity index (χ0) is 20.1. The van der Waals surface area contributed by atoms with E-state index in [0.29, 0.717) is 23.1 Å². The van der Waals surface area contributed by atoms with Gasteiger partial charge in [0.05, 0.1) is 17.0 Å². The summed E-state index contributed by atoms with van der Waals surface area (Å²) in [6.07, 6.45) is -1.35. The van der Waals surface area contributed by atoms with E-state index in [4.69, 9.17) is 0 Å². The van der Waals surface area contributed by atoms with E-state index >= 15 is 0 Å². The van der Waals surface area contributed by atoms with E-state index in [1.807, 2.05) is 0 Å². The van der Waals surface area contributed by atoms with Crippen LogP contribution >= 0.6 is 11.8 Å². The van der Waals surface area contributed by atoms with E-state index < -0.39 is 11.7 Å². The van der Waals surface area contributed by atoms with Gasteiger partial charge < -0.3 is 5.32 Å². The van der Waals surface area contributed by atoms with Gasteiger partial charge in [-0.2, -0.15) is 13.2 Å². The molecule has 0 radical (unpaired) electrons. The molecule has 0 aliphatic rings. The third-order valence-electron chi connectivity index (χ3n) is 3.69. The number of pyridine rings is 1. The minimum atomic E-state index is -4.48. The second kappa shape index (κ2) is 8.42. The average molecular weight is 407 g/mol. The molecule has 10 heteroatoms. The van der Waals surface area contributed by atoms with Gasteiger partial charge in [0.25, 0.3) is 0 Å². The fraction of sp³-hybridized carbons (Fsp3) is 0.222. The summed E-state index contributed by atoms with van der Waals surface area (Å²) < 4.78 is 41.0. The van der Waals surface area contributed by atoms with Crippen molar-refractivity contribution in [1.29, 1.82) is 0 Å². The number of thioether (sulfide) groups is 1. The Balaban J connectivity index is 2.06. The molecule has 1 amide bonds. The standard InChI is InChI=1S/C18H16F3N5OS/c1-2-23-15(27)11-28-17-25-24-16(12-5-4-8-22-10-12)26(17)14-7-3-6-13(9-14)18(19,20)21/h3-10H,2,11H2,1H3,(H,23,27). The number of hydrogen-bond acceptors (Lipinski definition) is 5. The lowest BCUT2D eigenvalue weighted by Gasteiger charge is -2.13. The lowest BCUT2D eigenvalue weighted by Crippen LogP contribution is -2.24. The van der Waals surface area contributed by atoms with Crippen molar-refractivity contribution < 1.29 is 18.0 Å². The Kier molecular flexibility index (Phi) is 5.98. The van der Waals surface area contributed by atoms with Crippen molar-refractivity contribution in [2.24, 2.45) is 0 Å². The molecule has 2 heterocycles. The number of carbonyl (C=O) groups is 1. The molecule has 0 atom stereocenters. The molecule has 0 saturated carbocycles. The first kappa shape index (κ1) is 19.9. The van der Waals surface area contributed by atoms with Gasteiger partial charge in [0, 0.05) is 24.5 Å². The quantitative estimate of drug-likeness (QED) is 0.633. The topological polar surface area (TPSA) is 72.7 Å². The number of rotatable bonds is 6. The normalized spacial score (nSPS) is 11.4. The maximum Gasteiger partial charge on any atom is 0.416 e. The molecule has 0 aliphatic carbocycles. The predicted molar refractivity (Wildman–Crippen MR) is 99.0 cm³/mol. The van der Waals surface area contributed by atoms with Crippen molar-refractivity contribution in [2.75, 3.05) is 12.3 Å². The number of benzene rings is 1. The molecule has 146 valence electrons. The van der Waals surface area contributed by atoms with Crippen molar-refractivity contribution in [1.82, 2.24) is 25.1 Å².